The number of rotatable bonds is 6. The summed E-state index contributed by atoms with van der Waals surface area (Å²) in [6, 6.07) is 5.46. The smallest absolute Gasteiger partial charge is 0.239 e. The molecule has 0 spiro atoms. The van der Waals surface area contributed by atoms with Crippen molar-refractivity contribution in [3.05, 3.63) is 29.3 Å². The Labute approximate surface area is 113 Å². The number of carbonyl (C=O) groups is 1. The third-order valence-electron chi connectivity index (χ3n) is 2.84. The van der Waals surface area contributed by atoms with Crippen LogP contribution in [-0.4, -0.2) is 37.5 Å². The number of aliphatic hydroxyl groups is 1. The summed E-state index contributed by atoms with van der Waals surface area (Å²) < 4.78 is 23.1. The molecule has 1 rings (SSSR count). The molecule has 0 heterocycles. The first kappa shape index (κ1) is 15.7. The van der Waals surface area contributed by atoms with Crippen molar-refractivity contribution < 1.29 is 18.3 Å². The summed E-state index contributed by atoms with van der Waals surface area (Å²) in [5, 5.41) is 11.2. The number of carbonyl (C=O) groups excluding carboxylic acids is 1. The summed E-state index contributed by atoms with van der Waals surface area (Å²) in [6.45, 7) is 3.59. The fourth-order valence-electron chi connectivity index (χ4n) is 1.63. The minimum absolute atomic E-state index is 0.152. The van der Waals surface area contributed by atoms with Crippen LogP contribution in [0.2, 0.25) is 0 Å². The summed E-state index contributed by atoms with van der Waals surface area (Å²) in [6.07, 6.45) is 0.152. The molecule has 0 aliphatic carbocycles. The average molecular weight is 285 g/mol. The lowest BCUT2D eigenvalue weighted by Crippen LogP contribution is -2.25. The maximum atomic E-state index is 11.7. The second-order valence-electron chi connectivity index (χ2n) is 4.46. The van der Waals surface area contributed by atoms with Crippen LogP contribution >= 0.6 is 0 Å². The first-order chi connectivity index (χ1) is 8.85. The molecular formula is C13H19NO4S. The van der Waals surface area contributed by atoms with E-state index in [1.54, 1.807) is 12.1 Å². The van der Waals surface area contributed by atoms with E-state index >= 15 is 0 Å². The van der Waals surface area contributed by atoms with Crippen LogP contribution in [0.5, 0.6) is 0 Å². The van der Waals surface area contributed by atoms with Gasteiger partial charge in [0.05, 0.1) is 5.75 Å². The van der Waals surface area contributed by atoms with Gasteiger partial charge in [0.25, 0.3) is 0 Å². The van der Waals surface area contributed by atoms with Crippen LogP contribution in [0, 0.1) is 13.8 Å². The van der Waals surface area contributed by atoms with E-state index in [0.717, 1.165) is 11.1 Å². The molecule has 0 bridgehead atoms. The van der Waals surface area contributed by atoms with E-state index in [4.69, 9.17) is 5.11 Å². The largest absolute Gasteiger partial charge is 0.396 e. The van der Waals surface area contributed by atoms with E-state index < -0.39 is 21.5 Å². The van der Waals surface area contributed by atoms with Gasteiger partial charge in [-0.25, -0.2) is 8.42 Å². The third kappa shape index (κ3) is 5.00. The van der Waals surface area contributed by atoms with Crippen molar-refractivity contribution >= 4 is 21.4 Å². The molecule has 1 aromatic rings. The molecule has 0 saturated carbocycles. The number of aliphatic hydroxyl groups excluding tert-OH is 1. The molecular weight excluding hydrogens is 266 g/mol. The summed E-state index contributed by atoms with van der Waals surface area (Å²) in [7, 11) is -3.46. The Hall–Kier alpha value is -1.40. The molecule has 0 aliphatic heterocycles. The molecule has 0 saturated heterocycles. The molecule has 1 aromatic carbocycles. The monoisotopic (exact) mass is 285 g/mol. The molecule has 0 atom stereocenters. The fraction of sp³-hybridized carbons (Fsp3) is 0.462. The second kappa shape index (κ2) is 6.68. The van der Waals surface area contributed by atoms with Gasteiger partial charge in [0.15, 0.2) is 9.84 Å². The summed E-state index contributed by atoms with van der Waals surface area (Å²) in [4.78, 5) is 11.7. The van der Waals surface area contributed by atoms with Gasteiger partial charge in [0.2, 0.25) is 5.91 Å². The van der Waals surface area contributed by atoms with E-state index in [1.807, 2.05) is 19.9 Å². The van der Waals surface area contributed by atoms with Crippen molar-refractivity contribution in [1.29, 1.82) is 0 Å². The normalized spacial score (nSPS) is 11.3. The van der Waals surface area contributed by atoms with Gasteiger partial charge >= 0.3 is 0 Å². The third-order valence-corrected chi connectivity index (χ3v) is 4.46. The number of nitrogens with one attached hydrogen (secondary N) is 1. The molecule has 19 heavy (non-hydrogen) atoms. The van der Waals surface area contributed by atoms with Crippen molar-refractivity contribution in [3.63, 3.8) is 0 Å². The number of benzene rings is 1. The number of amides is 1. The highest BCUT2D eigenvalue weighted by molar-refractivity contribution is 7.92. The van der Waals surface area contributed by atoms with Gasteiger partial charge in [-0.1, -0.05) is 12.1 Å². The van der Waals surface area contributed by atoms with Gasteiger partial charge in [-0.2, -0.15) is 0 Å². The van der Waals surface area contributed by atoms with E-state index in [2.05, 4.69) is 5.32 Å². The summed E-state index contributed by atoms with van der Waals surface area (Å²) in [5.74, 6) is -1.28. The molecule has 0 aromatic heterocycles. The predicted molar refractivity (Wildman–Crippen MR) is 74.9 cm³/mol. The highest BCUT2D eigenvalue weighted by Gasteiger charge is 2.16. The van der Waals surface area contributed by atoms with Crippen LogP contribution < -0.4 is 5.32 Å². The molecule has 0 radical (unpaired) electrons. The molecule has 1 amide bonds. The average Bonchev–Trinajstić information content (AvgIpc) is 2.32. The lowest BCUT2D eigenvalue weighted by atomic mass is 10.1. The first-order valence-corrected chi connectivity index (χ1v) is 7.85. The van der Waals surface area contributed by atoms with E-state index in [9.17, 15) is 13.2 Å². The maximum absolute atomic E-state index is 11.7. The van der Waals surface area contributed by atoms with Crippen molar-refractivity contribution in [2.45, 2.75) is 20.3 Å². The minimum Gasteiger partial charge on any atom is -0.396 e. The highest BCUT2D eigenvalue weighted by atomic mass is 32.2. The Bertz CT molecular complexity index is 552. The van der Waals surface area contributed by atoms with Crippen LogP contribution in [0.4, 0.5) is 5.69 Å². The first-order valence-electron chi connectivity index (χ1n) is 6.03. The predicted octanol–water partition coefficient (Wildman–Crippen LogP) is 1.04. The lowest BCUT2D eigenvalue weighted by Gasteiger charge is -2.10. The van der Waals surface area contributed by atoms with E-state index in [0.29, 0.717) is 5.69 Å². The molecule has 5 nitrogen and oxygen atoms in total. The van der Waals surface area contributed by atoms with Gasteiger partial charge < -0.3 is 10.4 Å². The van der Waals surface area contributed by atoms with Crippen molar-refractivity contribution in [3.8, 4) is 0 Å². The van der Waals surface area contributed by atoms with E-state index in [1.165, 1.54) is 0 Å². The number of aryl methyl sites for hydroxylation is 1. The Balaban J connectivity index is 2.68. The van der Waals surface area contributed by atoms with Gasteiger partial charge in [-0.3, -0.25) is 4.79 Å². The topological polar surface area (TPSA) is 83.5 Å². The van der Waals surface area contributed by atoms with Crippen LogP contribution in [0.25, 0.3) is 0 Å². The van der Waals surface area contributed by atoms with Crippen molar-refractivity contribution in [2.75, 3.05) is 23.4 Å². The van der Waals surface area contributed by atoms with Crippen molar-refractivity contribution in [1.82, 2.24) is 0 Å². The number of hydrogen-bond acceptors (Lipinski definition) is 4. The number of anilines is 1. The summed E-state index contributed by atoms with van der Waals surface area (Å²) >= 11 is 0. The molecule has 0 aliphatic rings. The Morgan fingerprint density at radius 1 is 1.32 bits per heavy atom. The zero-order valence-corrected chi connectivity index (χ0v) is 12.0. The Kier molecular flexibility index (Phi) is 5.50. The number of sulfone groups is 1. The molecule has 0 unspecified atom stereocenters. The van der Waals surface area contributed by atoms with Crippen LogP contribution in [0.3, 0.4) is 0 Å². The standard InChI is InChI=1S/C13H19NO4S/c1-10-5-3-6-12(11(10)2)14-13(16)9-19(17,18)8-4-7-15/h3,5-6,15H,4,7-9H2,1-2H3,(H,14,16). The zero-order valence-electron chi connectivity index (χ0n) is 11.1. The van der Waals surface area contributed by atoms with Gasteiger partial charge in [0, 0.05) is 12.3 Å². The Morgan fingerprint density at radius 2 is 2.00 bits per heavy atom. The Morgan fingerprint density at radius 3 is 2.63 bits per heavy atom. The summed E-state index contributed by atoms with van der Waals surface area (Å²) in [5.41, 5.74) is 2.58. The SMILES string of the molecule is Cc1cccc(NC(=O)CS(=O)(=O)CCCO)c1C. The minimum atomic E-state index is -3.46. The van der Waals surface area contributed by atoms with Crippen LogP contribution in [0.15, 0.2) is 18.2 Å². The fourth-order valence-corrected chi connectivity index (χ4v) is 2.81. The van der Waals surface area contributed by atoms with Crippen LogP contribution in [0.1, 0.15) is 17.5 Å². The molecule has 0 fully saturated rings. The van der Waals surface area contributed by atoms with E-state index in [-0.39, 0.29) is 18.8 Å². The highest BCUT2D eigenvalue weighted by Crippen LogP contribution is 2.17. The molecule has 106 valence electrons. The quantitative estimate of drug-likeness (QED) is 0.818. The number of hydrogen-bond donors (Lipinski definition) is 2. The van der Waals surface area contributed by atoms with Gasteiger partial charge in [-0.15, -0.1) is 0 Å². The van der Waals surface area contributed by atoms with Gasteiger partial charge in [0.1, 0.15) is 5.75 Å². The maximum Gasteiger partial charge on any atom is 0.239 e. The molecule has 6 heteroatoms. The molecule has 2 N–H and O–H groups in total. The second-order valence-corrected chi connectivity index (χ2v) is 6.65. The van der Waals surface area contributed by atoms with Gasteiger partial charge in [-0.05, 0) is 37.5 Å². The van der Waals surface area contributed by atoms with Crippen molar-refractivity contribution in [2.24, 2.45) is 0 Å². The lowest BCUT2D eigenvalue weighted by molar-refractivity contribution is -0.113. The van der Waals surface area contributed by atoms with Crippen LogP contribution in [-0.2, 0) is 14.6 Å². The zero-order chi connectivity index (χ0) is 14.5.